The highest BCUT2D eigenvalue weighted by molar-refractivity contribution is 7.92. The van der Waals surface area contributed by atoms with E-state index in [0.717, 1.165) is 10.6 Å². The van der Waals surface area contributed by atoms with Gasteiger partial charge in [-0.05, 0) is 50.6 Å². The molecule has 0 saturated carbocycles. The minimum absolute atomic E-state index is 0.0969. The maximum Gasteiger partial charge on any atom is 0.244 e. The van der Waals surface area contributed by atoms with Crippen molar-refractivity contribution in [3.05, 3.63) is 62.1 Å². The second-order valence-electron chi connectivity index (χ2n) is 8.18. The van der Waals surface area contributed by atoms with Gasteiger partial charge < -0.3 is 10.2 Å². The van der Waals surface area contributed by atoms with E-state index in [0.29, 0.717) is 15.6 Å². The molecule has 0 heterocycles. The Kier molecular flexibility index (Phi) is 10.5. The summed E-state index contributed by atoms with van der Waals surface area (Å²) in [5, 5.41) is 3.82. The number of nitrogens with one attached hydrogen (secondary N) is 1. The van der Waals surface area contributed by atoms with Crippen molar-refractivity contribution in [1.82, 2.24) is 10.2 Å². The minimum atomic E-state index is -3.91. The molecule has 1 N–H and O–H groups in total. The fourth-order valence-corrected chi connectivity index (χ4v) is 5.06. The van der Waals surface area contributed by atoms with Crippen molar-refractivity contribution >= 4 is 73.9 Å². The van der Waals surface area contributed by atoms with Crippen LogP contribution >= 0.6 is 46.4 Å². The standard InChI is InChI=1S/C23H27Cl4N3O4S/c1-5-21(23(32)28-14(2)3)29(12-16-17(24)7-6-8-18(16)25)22(31)13-30(35(4,33)34)15-9-10-19(26)20(27)11-15/h6-11,14,21H,5,12-13H2,1-4H3,(H,28,32)/t21-/m0/s1. The zero-order valence-corrected chi connectivity index (χ0v) is 23.5. The summed E-state index contributed by atoms with van der Waals surface area (Å²) in [6.45, 7) is 4.69. The zero-order chi connectivity index (χ0) is 26.5. The van der Waals surface area contributed by atoms with Crippen molar-refractivity contribution in [2.24, 2.45) is 0 Å². The lowest BCUT2D eigenvalue weighted by Crippen LogP contribution is -2.53. The van der Waals surface area contributed by atoms with Gasteiger partial charge in [-0.25, -0.2) is 8.42 Å². The van der Waals surface area contributed by atoms with E-state index in [1.807, 2.05) is 0 Å². The van der Waals surface area contributed by atoms with E-state index in [9.17, 15) is 18.0 Å². The molecule has 0 fully saturated rings. The third-order valence-electron chi connectivity index (χ3n) is 5.08. The second kappa shape index (κ2) is 12.5. The number of hydrogen-bond donors (Lipinski definition) is 1. The largest absolute Gasteiger partial charge is 0.352 e. The first-order valence-electron chi connectivity index (χ1n) is 10.7. The van der Waals surface area contributed by atoms with Crippen LogP contribution in [0.4, 0.5) is 5.69 Å². The maximum absolute atomic E-state index is 13.6. The van der Waals surface area contributed by atoms with Crippen LogP contribution in [-0.2, 0) is 26.2 Å². The molecule has 1 atom stereocenters. The number of halogens is 4. The molecule has 2 amide bonds. The molecule has 0 aliphatic heterocycles. The highest BCUT2D eigenvalue weighted by Crippen LogP contribution is 2.30. The number of carbonyl (C=O) groups is 2. The smallest absolute Gasteiger partial charge is 0.244 e. The number of benzene rings is 2. The lowest BCUT2D eigenvalue weighted by atomic mass is 10.1. The Morgan fingerprint density at radius 2 is 1.57 bits per heavy atom. The van der Waals surface area contributed by atoms with Crippen LogP contribution in [0.2, 0.25) is 20.1 Å². The normalized spacial score (nSPS) is 12.4. The van der Waals surface area contributed by atoms with Crippen LogP contribution in [0.5, 0.6) is 0 Å². The van der Waals surface area contributed by atoms with E-state index in [1.54, 1.807) is 39.0 Å². The molecule has 192 valence electrons. The van der Waals surface area contributed by atoms with Gasteiger partial charge in [-0.3, -0.25) is 13.9 Å². The molecule has 7 nitrogen and oxygen atoms in total. The van der Waals surface area contributed by atoms with Gasteiger partial charge in [-0.2, -0.15) is 0 Å². The summed E-state index contributed by atoms with van der Waals surface area (Å²) in [5.41, 5.74) is 0.603. The first-order chi connectivity index (χ1) is 16.3. The number of amides is 2. The lowest BCUT2D eigenvalue weighted by molar-refractivity contribution is -0.140. The quantitative estimate of drug-likeness (QED) is 0.406. The van der Waals surface area contributed by atoms with Crippen molar-refractivity contribution in [2.45, 2.75) is 45.8 Å². The lowest BCUT2D eigenvalue weighted by Gasteiger charge is -2.33. The van der Waals surface area contributed by atoms with E-state index in [-0.39, 0.29) is 40.6 Å². The molecule has 0 bridgehead atoms. The SMILES string of the molecule is CC[C@@H](C(=O)NC(C)C)N(Cc1c(Cl)cccc1Cl)C(=O)CN(c1ccc(Cl)c(Cl)c1)S(C)(=O)=O. The summed E-state index contributed by atoms with van der Waals surface area (Å²) in [4.78, 5) is 27.9. The monoisotopic (exact) mass is 581 g/mol. The molecule has 12 heteroatoms. The average molecular weight is 583 g/mol. The molecule has 0 aliphatic rings. The molecule has 0 radical (unpaired) electrons. The third kappa shape index (κ3) is 7.89. The Morgan fingerprint density at radius 1 is 0.971 bits per heavy atom. The summed E-state index contributed by atoms with van der Waals surface area (Å²) >= 11 is 24.7. The number of hydrogen-bond acceptors (Lipinski definition) is 4. The van der Waals surface area contributed by atoms with Crippen LogP contribution in [0.15, 0.2) is 36.4 Å². The van der Waals surface area contributed by atoms with E-state index in [2.05, 4.69) is 5.32 Å². The van der Waals surface area contributed by atoms with Gasteiger partial charge in [0.25, 0.3) is 0 Å². The predicted octanol–water partition coefficient (Wildman–Crippen LogP) is 5.40. The van der Waals surface area contributed by atoms with Gasteiger partial charge in [0.05, 0.1) is 22.0 Å². The summed E-state index contributed by atoms with van der Waals surface area (Å²) in [7, 11) is -3.91. The summed E-state index contributed by atoms with van der Waals surface area (Å²) in [6.07, 6.45) is 1.25. The molecule has 0 aliphatic carbocycles. The summed E-state index contributed by atoms with van der Waals surface area (Å²) in [6, 6.07) is 8.09. The Morgan fingerprint density at radius 3 is 2.06 bits per heavy atom. The van der Waals surface area contributed by atoms with Gasteiger partial charge in [0.15, 0.2) is 0 Å². The zero-order valence-electron chi connectivity index (χ0n) is 19.7. The Balaban J connectivity index is 2.52. The summed E-state index contributed by atoms with van der Waals surface area (Å²) in [5.74, 6) is -0.997. The van der Waals surface area contributed by atoms with Crippen LogP contribution in [0.25, 0.3) is 0 Å². The van der Waals surface area contributed by atoms with E-state index >= 15 is 0 Å². The maximum atomic E-state index is 13.6. The predicted molar refractivity (Wildman–Crippen MR) is 143 cm³/mol. The van der Waals surface area contributed by atoms with Crippen LogP contribution in [0.3, 0.4) is 0 Å². The number of anilines is 1. The molecule has 0 unspecified atom stereocenters. The Bertz CT molecular complexity index is 1170. The topological polar surface area (TPSA) is 86.8 Å². The molecule has 35 heavy (non-hydrogen) atoms. The van der Waals surface area contributed by atoms with Gasteiger partial charge in [0.1, 0.15) is 12.6 Å². The number of nitrogens with zero attached hydrogens (tertiary/aromatic N) is 2. The van der Waals surface area contributed by atoms with Crippen LogP contribution < -0.4 is 9.62 Å². The highest BCUT2D eigenvalue weighted by atomic mass is 35.5. The molecule has 0 spiro atoms. The fraction of sp³-hybridized carbons (Fsp3) is 0.391. The molecule has 2 rings (SSSR count). The fourth-order valence-electron chi connectivity index (χ4n) is 3.41. The Labute approximate surface area is 226 Å². The molecule has 0 aromatic heterocycles. The average Bonchev–Trinajstić information content (AvgIpc) is 2.74. The van der Waals surface area contributed by atoms with Crippen molar-refractivity contribution in [1.29, 1.82) is 0 Å². The van der Waals surface area contributed by atoms with Gasteiger partial charge in [0.2, 0.25) is 21.8 Å². The van der Waals surface area contributed by atoms with Crippen molar-refractivity contribution < 1.29 is 18.0 Å². The van der Waals surface area contributed by atoms with E-state index in [1.165, 1.54) is 23.1 Å². The van der Waals surface area contributed by atoms with Gasteiger partial charge in [-0.15, -0.1) is 0 Å². The molecular weight excluding hydrogens is 556 g/mol. The second-order valence-corrected chi connectivity index (χ2v) is 11.7. The third-order valence-corrected chi connectivity index (χ3v) is 7.67. The molecular formula is C23H27Cl4N3O4S. The van der Waals surface area contributed by atoms with Crippen LogP contribution in [0.1, 0.15) is 32.8 Å². The van der Waals surface area contributed by atoms with E-state index < -0.39 is 28.5 Å². The summed E-state index contributed by atoms with van der Waals surface area (Å²) < 4.78 is 26.2. The minimum Gasteiger partial charge on any atom is -0.352 e. The van der Waals surface area contributed by atoms with Crippen molar-refractivity contribution in [3.63, 3.8) is 0 Å². The van der Waals surface area contributed by atoms with Crippen molar-refractivity contribution in [2.75, 3.05) is 17.1 Å². The molecule has 2 aromatic rings. The number of carbonyl (C=O) groups excluding carboxylic acids is 2. The molecule has 2 aromatic carbocycles. The van der Waals surface area contributed by atoms with E-state index in [4.69, 9.17) is 46.4 Å². The van der Waals surface area contributed by atoms with Crippen LogP contribution in [0, 0.1) is 0 Å². The first kappa shape index (κ1) is 29.5. The van der Waals surface area contributed by atoms with Crippen LogP contribution in [-0.4, -0.2) is 50.0 Å². The molecule has 0 saturated heterocycles. The van der Waals surface area contributed by atoms with Gasteiger partial charge >= 0.3 is 0 Å². The number of rotatable bonds is 10. The highest BCUT2D eigenvalue weighted by Gasteiger charge is 2.32. The van der Waals surface area contributed by atoms with Crippen molar-refractivity contribution in [3.8, 4) is 0 Å². The number of sulfonamides is 1. The van der Waals surface area contributed by atoms with Gasteiger partial charge in [-0.1, -0.05) is 59.4 Å². The van der Waals surface area contributed by atoms with Gasteiger partial charge in [0, 0.05) is 28.2 Å². The Hall–Kier alpha value is -1.71. The first-order valence-corrected chi connectivity index (χ1v) is 14.1.